The molecule has 3 aromatic rings. The summed E-state index contributed by atoms with van der Waals surface area (Å²) >= 11 is 0. The zero-order valence-corrected chi connectivity index (χ0v) is 14.1. The number of hydrogen-bond acceptors (Lipinski definition) is 1. The van der Waals surface area contributed by atoms with Gasteiger partial charge in [-0.2, -0.15) is 0 Å². The normalized spacial score (nSPS) is 22.4. The maximum absolute atomic E-state index is 13.4. The highest BCUT2D eigenvalue weighted by Gasteiger charge is 2.30. The van der Waals surface area contributed by atoms with Gasteiger partial charge in [0, 0.05) is 23.5 Å². The van der Waals surface area contributed by atoms with Crippen LogP contribution in [0.2, 0.25) is 0 Å². The molecule has 4 heterocycles. The minimum atomic E-state index is -0.197. The van der Waals surface area contributed by atoms with Crippen molar-refractivity contribution in [1.82, 2.24) is 9.88 Å². The first-order chi connectivity index (χ1) is 12.3. The van der Waals surface area contributed by atoms with Gasteiger partial charge < -0.3 is 4.98 Å². The number of para-hydroxylation sites is 1. The van der Waals surface area contributed by atoms with Crippen molar-refractivity contribution >= 4 is 23.1 Å². The number of piperidine rings is 1. The quantitative estimate of drug-likeness (QED) is 0.641. The highest BCUT2D eigenvalue weighted by Crippen LogP contribution is 2.39. The predicted molar refractivity (Wildman–Crippen MR) is 101 cm³/mol. The number of fused-ring (bicyclic) bond motifs is 3. The lowest BCUT2D eigenvalue weighted by molar-refractivity contribution is 0.220. The van der Waals surface area contributed by atoms with E-state index in [9.17, 15) is 4.39 Å². The third kappa shape index (κ3) is 2.59. The lowest BCUT2D eigenvalue weighted by atomic mass is 9.94. The van der Waals surface area contributed by atoms with E-state index in [-0.39, 0.29) is 5.82 Å². The van der Waals surface area contributed by atoms with Gasteiger partial charge in [-0.3, -0.25) is 4.90 Å². The number of aromatic nitrogens is 1. The zero-order valence-electron chi connectivity index (χ0n) is 14.1. The molecule has 2 nitrogen and oxygen atoms in total. The summed E-state index contributed by atoms with van der Waals surface area (Å²) in [4.78, 5) is 6.32. The fraction of sp³-hybridized carbons (Fsp3) is 0.273. The van der Waals surface area contributed by atoms with E-state index in [0.717, 1.165) is 12.1 Å². The van der Waals surface area contributed by atoms with E-state index < -0.39 is 0 Å². The third-order valence-electron chi connectivity index (χ3n) is 5.69. The molecule has 1 saturated heterocycles. The fourth-order valence-corrected chi connectivity index (χ4v) is 4.37. The van der Waals surface area contributed by atoms with Gasteiger partial charge in [-0.15, -0.1) is 0 Å². The van der Waals surface area contributed by atoms with Gasteiger partial charge in [0.15, 0.2) is 0 Å². The predicted octanol–water partition coefficient (Wildman–Crippen LogP) is 5.17. The van der Waals surface area contributed by atoms with Gasteiger partial charge in [0.05, 0.1) is 5.52 Å². The van der Waals surface area contributed by atoms with Crippen LogP contribution in [0.5, 0.6) is 0 Å². The highest BCUT2D eigenvalue weighted by molar-refractivity contribution is 5.93. The summed E-state index contributed by atoms with van der Waals surface area (Å²) < 4.78 is 13.4. The molecule has 126 valence electrons. The van der Waals surface area contributed by atoms with Crippen molar-refractivity contribution in [2.24, 2.45) is 0 Å². The molecule has 25 heavy (non-hydrogen) atoms. The van der Waals surface area contributed by atoms with E-state index in [1.54, 1.807) is 12.1 Å². The molecule has 0 spiro atoms. The number of benzene rings is 2. The van der Waals surface area contributed by atoms with E-state index >= 15 is 0 Å². The number of aromatic amines is 1. The average Bonchev–Trinajstić information content (AvgIpc) is 2.80. The van der Waals surface area contributed by atoms with Crippen LogP contribution in [-0.2, 0) is 6.54 Å². The van der Waals surface area contributed by atoms with Crippen molar-refractivity contribution < 1.29 is 4.39 Å². The summed E-state index contributed by atoms with van der Waals surface area (Å²) in [7, 11) is 0. The number of nitrogens with zero attached hydrogens (tertiary/aromatic N) is 1. The first-order valence-electron chi connectivity index (χ1n) is 9.07. The van der Waals surface area contributed by atoms with Crippen LogP contribution in [0.4, 0.5) is 4.39 Å². The van der Waals surface area contributed by atoms with Crippen LogP contribution < -0.4 is 0 Å². The van der Waals surface area contributed by atoms with Crippen LogP contribution in [0.1, 0.15) is 41.1 Å². The lowest BCUT2D eigenvalue weighted by Crippen LogP contribution is -2.29. The van der Waals surface area contributed by atoms with Crippen LogP contribution in [0, 0.1) is 5.82 Å². The first kappa shape index (κ1) is 14.9. The Balaban J connectivity index is 1.59. The van der Waals surface area contributed by atoms with Crippen molar-refractivity contribution in [1.29, 1.82) is 0 Å². The number of rotatable bonds is 2. The second-order valence-electron chi connectivity index (χ2n) is 7.23. The molecule has 0 saturated carbocycles. The number of H-pyrrole nitrogens is 1. The van der Waals surface area contributed by atoms with E-state index in [1.165, 1.54) is 59.7 Å². The molecule has 0 amide bonds. The first-order valence-corrected chi connectivity index (χ1v) is 9.07. The Labute approximate surface area is 147 Å². The number of halogens is 1. The van der Waals surface area contributed by atoms with Crippen molar-refractivity contribution in [2.75, 3.05) is 13.1 Å². The molecule has 1 N–H and O–H groups in total. The van der Waals surface area contributed by atoms with Crippen LogP contribution in [0.25, 0.3) is 23.1 Å². The Hall–Kier alpha value is -2.39. The molecular formula is C22H21FN2. The Morgan fingerprint density at radius 1 is 1.04 bits per heavy atom. The molecular weight excluding hydrogens is 311 g/mol. The van der Waals surface area contributed by atoms with Gasteiger partial charge in [0.2, 0.25) is 0 Å². The fourth-order valence-electron chi connectivity index (χ4n) is 4.37. The van der Waals surface area contributed by atoms with Gasteiger partial charge in [-0.05, 0) is 54.8 Å². The second-order valence-corrected chi connectivity index (χ2v) is 7.23. The van der Waals surface area contributed by atoms with Crippen molar-refractivity contribution in [3.05, 3.63) is 70.7 Å². The summed E-state index contributed by atoms with van der Waals surface area (Å²) in [6, 6.07) is 13.2. The summed E-state index contributed by atoms with van der Waals surface area (Å²) in [5.74, 6) is 0.471. The zero-order chi connectivity index (χ0) is 16.8. The van der Waals surface area contributed by atoms with E-state index in [4.69, 9.17) is 0 Å². The molecule has 6 rings (SSSR count). The average molecular weight is 332 g/mol. The van der Waals surface area contributed by atoms with E-state index in [1.807, 2.05) is 12.1 Å². The molecule has 2 aromatic carbocycles. The topological polar surface area (TPSA) is 19.0 Å². The van der Waals surface area contributed by atoms with Gasteiger partial charge in [-0.25, -0.2) is 4.39 Å². The van der Waals surface area contributed by atoms with Crippen molar-refractivity contribution in [3.63, 3.8) is 0 Å². The Kier molecular flexibility index (Phi) is 3.49. The molecule has 3 aliphatic heterocycles. The monoisotopic (exact) mass is 332 g/mol. The van der Waals surface area contributed by atoms with Crippen molar-refractivity contribution in [3.8, 4) is 0 Å². The summed E-state index contributed by atoms with van der Waals surface area (Å²) in [6.07, 6.45) is 6.59. The third-order valence-corrected chi connectivity index (χ3v) is 5.69. The van der Waals surface area contributed by atoms with Crippen LogP contribution in [-0.4, -0.2) is 23.0 Å². The minimum absolute atomic E-state index is 0.197. The number of nitrogens with one attached hydrogen (secondary N) is 1. The lowest BCUT2D eigenvalue weighted by Gasteiger charge is -2.26. The minimum Gasteiger partial charge on any atom is -0.357 e. The van der Waals surface area contributed by atoms with Gasteiger partial charge in [0.1, 0.15) is 5.82 Å². The maximum atomic E-state index is 13.4. The maximum Gasteiger partial charge on any atom is 0.123 e. The number of hydrogen-bond donors (Lipinski definition) is 1. The highest BCUT2D eigenvalue weighted by atomic mass is 19.1. The Morgan fingerprint density at radius 3 is 2.72 bits per heavy atom. The molecule has 0 atom stereocenters. The van der Waals surface area contributed by atoms with E-state index in [0.29, 0.717) is 5.92 Å². The molecule has 3 heteroatoms. The molecule has 0 unspecified atom stereocenters. The largest absolute Gasteiger partial charge is 0.357 e. The SMILES string of the molecule is Fc1cccc(/C=C/c2cccc3c4c([nH]c23)C2CCN(CC2)C4)c1. The Morgan fingerprint density at radius 2 is 1.88 bits per heavy atom. The van der Waals surface area contributed by atoms with Crippen molar-refractivity contribution in [2.45, 2.75) is 25.3 Å². The molecule has 3 aliphatic rings. The van der Waals surface area contributed by atoms with Gasteiger partial charge in [0.25, 0.3) is 0 Å². The van der Waals surface area contributed by atoms with Crippen LogP contribution in [0.15, 0.2) is 42.5 Å². The molecule has 0 aliphatic carbocycles. The van der Waals surface area contributed by atoms with Crippen LogP contribution in [0.3, 0.4) is 0 Å². The molecule has 1 aromatic heterocycles. The standard InChI is InChI=1S/C22H21FN2/c23-18-5-1-3-15(13-18)7-8-16-4-2-6-19-20-14-25-11-9-17(10-12-25)22(20)24-21(16)19/h1-8,13,17,24H,9-12,14H2/b8-7+. The molecule has 1 fully saturated rings. The Bertz CT molecular complexity index is 961. The smallest absolute Gasteiger partial charge is 0.123 e. The second kappa shape index (κ2) is 5.85. The van der Waals surface area contributed by atoms with E-state index in [2.05, 4.69) is 34.2 Å². The van der Waals surface area contributed by atoms with Gasteiger partial charge >= 0.3 is 0 Å². The molecule has 2 bridgehead atoms. The molecule has 0 radical (unpaired) electrons. The summed E-state index contributed by atoms with van der Waals surface area (Å²) in [5, 5.41) is 1.34. The summed E-state index contributed by atoms with van der Waals surface area (Å²) in [5.41, 5.74) is 6.20. The van der Waals surface area contributed by atoms with Gasteiger partial charge in [-0.1, -0.05) is 42.5 Å². The summed E-state index contributed by atoms with van der Waals surface area (Å²) in [6.45, 7) is 3.49. The van der Waals surface area contributed by atoms with Crippen LogP contribution >= 0.6 is 0 Å².